The second-order valence-electron chi connectivity index (χ2n) is 2.14. The molecule has 0 saturated heterocycles. The Kier molecular flexibility index (Phi) is 3.02. The molecule has 0 aromatic carbocycles. The minimum atomic E-state index is -0.597. The van der Waals surface area contributed by atoms with Crippen molar-refractivity contribution in [2.45, 2.75) is 32.3 Å². The van der Waals surface area contributed by atoms with Gasteiger partial charge in [-0.1, -0.05) is 13.8 Å². The number of rotatable bonds is 3. The SMILES string of the molecule is CCC(O)(CC)CN. The van der Waals surface area contributed by atoms with Crippen LogP contribution in [-0.4, -0.2) is 17.3 Å². The van der Waals surface area contributed by atoms with E-state index in [4.69, 9.17) is 5.73 Å². The average molecular weight is 117 g/mol. The largest absolute Gasteiger partial charge is 0.389 e. The van der Waals surface area contributed by atoms with Gasteiger partial charge in [0.25, 0.3) is 0 Å². The first kappa shape index (κ1) is 7.92. The summed E-state index contributed by atoms with van der Waals surface area (Å²) in [5.74, 6) is 0. The van der Waals surface area contributed by atoms with E-state index in [0.717, 1.165) is 12.8 Å². The number of hydrogen-bond acceptors (Lipinski definition) is 2. The zero-order chi connectivity index (χ0) is 6.62. The van der Waals surface area contributed by atoms with Gasteiger partial charge >= 0.3 is 0 Å². The molecule has 2 heteroatoms. The number of hydrogen-bond donors (Lipinski definition) is 2. The lowest BCUT2D eigenvalue weighted by Gasteiger charge is -2.21. The lowest BCUT2D eigenvalue weighted by Crippen LogP contribution is -2.35. The molecule has 3 N–H and O–H groups in total. The summed E-state index contributed by atoms with van der Waals surface area (Å²) in [6.07, 6.45) is 1.50. The van der Waals surface area contributed by atoms with Crippen LogP contribution in [0.1, 0.15) is 26.7 Å². The average Bonchev–Trinajstić information content (AvgIpc) is 1.87. The molecule has 0 aromatic heterocycles. The highest BCUT2D eigenvalue weighted by atomic mass is 16.3. The Morgan fingerprint density at radius 2 is 1.75 bits per heavy atom. The Balaban J connectivity index is 3.58. The van der Waals surface area contributed by atoms with Crippen molar-refractivity contribution in [3.63, 3.8) is 0 Å². The van der Waals surface area contributed by atoms with E-state index in [9.17, 15) is 5.11 Å². The Hall–Kier alpha value is -0.0800. The van der Waals surface area contributed by atoms with Crippen LogP contribution in [0, 0.1) is 0 Å². The highest BCUT2D eigenvalue weighted by Crippen LogP contribution is 2.10. The third-order valence-electron chi connectivity index (χ3n) is 1.70. The van der Waals surface area contributed by atoms with Crippen molar-refractivity contribution in [3.05, 3.63) is 0 Å². The summed E-state index contributed by atoms with van der Waals surface area (Å²) in [6.45, 7) is 4.26. The van der Waals surface area contributed by atoms with Crippen molar-refractivity contribution in [1.29, 1.82) is 0 Å². The second kappa shape index (κ2) is 3.05. The van der Waals surface area contributed by atoms with Crippen LogP contribution in [0.5, 0.6) is 0 Å². The molecule has 2 nitrogen and oxygen atoms in total. The molecule has 0 aliphatic carbocycles. The van der Waals surface area contributed by atoms with E-state index in [0.29, 0.717) is 6.54 Å². The molecule has 0 spiro atoms. The third-order valence-corrected chi connectivity index (χ3v) is 1.70. The van der Waals surface area contributed by atoms with Crippen LogP contribution < -0.4 is 5.73 Å². The maximum atomic E-state index is 9.31. The van der Waals surface area contributed by atoms with Gasteiger partial charge < -0.3 is 10.8 Å². The van der Waals surface area contributed by atoms with Crippen molar-refractivity contribution < 1.29 is 5.11 Å². The molecule has 0 radical (unpaired) electrons. The Labute approximate surface area is 50.7 Å². The summed E-state index contributed by atoms with van der Waals surface area (Å²) in [6, 6.07) is 0. The maximum Gasteiger partial charge on any atom is 0.0764 e. The molecular weight excluding hydrogens is 102 g/mol. The van der Waals surface area contributed by atoms with Crippen molar-refractivity contribution in [1.82, 2.24) is 0 Å². The zero-order valence-electron chi connectivity index (χ0n) is 5.65. The molecular formula is C6H15NO. The molecule has 0 rings (SSSR count). The Morgan fingerprint density at radius 1 is 1.38 bits per heavy atom. The van der Waals surface area contributed by atoms with Gasteiger partial charge in [0.2, 0.25) is 0 Å². The number of nitrogens with two attached hydrogens (primary N) is 1. The highest BCUT2D eigenvalue weighted by Gasteiger charge is 2.18. The van der Waals surface area contributed by atoms with Gasteiger partial charge in [0, 0.05) is 6.54 Å². The molecule has 0 fully saturated rings. The minimum Gasteiger partial charge on any atom is -0.389 e. The van der Waals surface area contributed by atoms with Gasteiger partial charge in [0.05, 0.1) is 5.60 Å². The highest BCUT2D eigenvalue weighted by molar-refractivity contribution is 4.74. The van der Waals surface area contributed by atoms with E-state index in [1.54, 1.807) is 0 Å². The summed E-state index contributed by atoms with van der Waals surface area (Å²) in [5, 5.41) is 9.31. The summed E-state index contributed by atoms with van der Waals surface area (Å²) >= 11 is 0. The molecule has 50 valence electrons. The smallest absolute Gasteiger partial charge is 0.0764 e. The van der Waals surface area contributed by atoms with Crippen molar-refractivity contribution in [3.8, 4) is 0 Å². The van der Waals surface area contributed by atoms with Gasteiger partial charge in [-0.3, -0.25) is 0 Å². The predicted octanol–water partition coefficient (Wildman–Crippen LogP) is 0.496. The van der Waals surface area contributed by atoms with Gasteiger partial charge in [0.1, 0.15) is 0 Å². The molecule has 0 aliphatic heterocycles. The van der Waals surface area contributed by atoms with Crippen LogP contribution in [-0.2, 0) is 0 Å². The third kappa shape index (κ3) is 1.80. The fourth-order valence-electron chi connectivity index (χ4n) is 0.539. The summed E-state index contributed by atoms with van der Waals surface area (Å²) in [7, 11) is 0. The van der Waals surface area contributed by atoms with Crippen LogP contribution >= 0.6 is 0 Å². The van der Waals surface area contributed by atoms with Crippen molar-refractivity contribution in [2.24, 2.45) is 5.73 Å². The summed E-state index contributed by atoms with van der Waals surface area (Å²) in [5.41, 5.74) is 4.68. The summed E-state index contributed by atoms with van der Waals surface area (Å²) in [4.78, 5) is 0. The first-order valence-corrected chi connectivity index (χ1v) is 3.11. The zero-order valence-corrected chi connectivity index (χ0v) is 5.65. The predicted molar refractivity (Wildman–Crippen MR) is 34.6 cm³/mol. The quantitative estimate of drug-likeness (QED) is 0.565. The van der Waals surface area contributed by atoms with Gasteiger partial charge in [-0.05, 0) is 12.8 Å². The molecule has 0 bridgehead atoms. The number of aliphatic hydroxyl groups is 1. The van der Waals surface area contributed by atoms with Crippen LogP contribution in [0.2, 0.25) is 0 Å². The normalized spacial score (nSPS) is 12.0. The first-order valence-electron chi connectivity index (χ1n) is 3.11. The van der Waals surface area contributed by atoms with Crippen molar-refractivity contribution >= 4 is 0 Å². The molecule has 8 heavy (non-hydrogen) atoms. The summed E-state index contributed by atoms with van der Waals surface area (Å²) < 4.78 is 0. The Bertz CT molecular complexity index is 51.3. The van der Waals surface area contributed by atoms with Gasteiger partial charge in [-0.15, -0.1) is 0 Å². The van der Waals surface area contributed by atoms with Gasteiger partial charge in [-0.25, -0.2) is 0 Å². The lowest BCUT2D eigenvalue weighted by atomic mass is 9.98. The van der Waals surface area contributed by atoms with E-state index < -0.39 is 5.60 Å². The molecule has 0 amide bonds. The van der Waals surface area contributed by atoms with Gasteiger partial charge in [-0.2, -0.15) is 0 Å². The molecule has 0 atom stereocenters. The van der Waals surface area contributed by atoms with Crippen LogP contribution in [0.25, 0.3) is 0 Å². The van der Waals surface area contributed by atoms with E-state index in [-0.39, 0.29) is 0 Å². The fourth-order valence-corrected chi connectivity index (χ4v) is 0.539. The van der Waals surface area contributed by atoms with E-state index >= 15 is 0 Å². The monoisotopic (exact) mass is 117 g/mol. The van der Waals surface area contributed by atoms with Crippen LogP contribution in [0.15, 0.2) is 0 Å². The lowest BCUT2D eigenvalue weighted by molar-refractivity contribution is 0.0414. The molecule has 0 aliphatic rings. The standard InChI is InChI=1S/C6H15NO/c1-3-6(8,4-2)5-7/h8H,3-5,7H2,1-2H3. The van der Waals surface area contributed by atoms with Gasteiger partial charge in [0.15, 0.2) is 0 Å². The van der Waals surface area contributed by atoms with Crippen molar-refractivity contribution in [2.75, 3.05) is 6.54 Å². The fraction of sp³-hybridized carbons (Fsp3) is 1.00. The molecule has 0 aromatic rings. The first-order chi connectivity index (χ1) is 3.68. The van der Waals surface area contributed by atoms with E-state index in [1.807, 2.05) is 13.8 Å². The molecule has 0 unspecified atom stereocenters. The Morgan fingerprint density at radius 3 is 1.75 bits per heavy atom. The van der Waals surface area contributed by atoms with Crippen LogP contribution in [0.4, 0.5) is 0 Å². The van der Waals surface area contributed by atoms with E-state index in [2.05, 4.69) is 0 Å². The molecule has 0 heterocycles. The minimum absolute atomic E-state index is 0.375. The topological polar surface area (TPSA) is 46.2 Å². The second-order valence-corrected chi connectivity index (χ2v) is 2.14. The molecule has 0 saturated carbocycles. The van der Waals surface area contributed by atoms with E-state index in [1.165, 1.54) is 0 Å². The maximum absolute atomic E-state index is 9.31. The van der Waals surface area contributed by atoms with Crippen LogP contribution in [0.3, 0.4) is 0 Å².